The first kappa shape index (κ1) is 18.2. The maximum absolute atomic E-state index is 12.5. The van der Waals surface area contributed by atoms with Gasteiger partial charge in [0.1, 0.15) is 0 Å². The normalized spacial score (nSPS) is 10.4. The van der Waals surface area contributed by atoms with Crippen LogP contribution < -0.4 is 14.8 Å². The van der Waals surface area contributed by atoms with Crippen LogP contribution in [0.3, 0.4) is 0 Å². The summed E-state index contributed by atoms with van der Waals surface area (Å²) in [6, 6.07) is 13.2. The van der Waals surface area contributed by atoms with Crippen molar-refractivity contribution in [2.75, 3.05) is 14.2 Å². The van der Waals surface area contributed by atoms with Crippen molar-refractivity contribution in [3.05, 3.63) is 69.6 Å². The number of halogens is 1. The summed E-state index contributed by atoms with van der Waals surface area (Å²) in [5.74, 6) is 0.968. The average molecular weight is 463 g/mol. The van der Waals surface area contributed by atoms with Gasteiger partial charge in [0.2, 0.25) is 0 Å². The van der Waals surface area contributed by atoms with Crippen molar-refractivity contribution in [3.8, 4) is 17.2 Å². The van der Waals surface area contributed by atoms with Gasteiger partial charge in [-0.25, -0.2) is 4.68 Å². The Labute approximate surface area is 165 Å². The lowest BCUT2D eigenvalue weighted by molar-refractivity contribution is 0.0949. The molecule has 6 nitrogen and oxygen atoms in total. The molecule has 1 heterocycles. The molecule has 1 amide bonds. The molecule has 7 heteroatoms. The Morgan fingerprint density at radius 2 is 1.85 bits per heavy atom. The summed E-state index contributed by atoms with van der Waals surface area (Å²) in [7, 11) is 3.12. The summed E-state index contributed by atoms with van der Waals surface area (Å²) in [6.07, 6.45) is 3.62. The zero-order valence-corrected chi connectivity index (χ0v) is 16.6. The van der Waals surface area contributed by atoms with E-state index in [1.807, 2.05) is 36.5 Å². The summed E-state index contributed by atoms with van der Waals surface area (Å²) >= 11 is 2.12. The molecular weight excluding hydrogens is 445 g/mol. The van der Waals surface area contributed by atoms with E-state index in [4.69, 9.17) is 9.47 Å². The second-order valence-corrected chi connectivity index (χ2v) is 6.65. The predicted octanol–water partition coefficient (Wildman–Crippen LogP) is 3.42. The van der Waals surface area contributed by atoms with E-state index in [2.05, 4.69) is 33.0 Å². The highest BCUT2D eigenvalue weighted by molar-refractivity contribution is 14.1. The van der Waals surface area contributed by atoms with Gasteiger partial charge in [0, 0.05) is 22.5 Å². The zero-order chi connectivity index (χ0) is 18.5. The van der Waals surface area contributed by atoms with Crippen molar-refractivity contribution < 1.29 is 14.3 Å². The van der Waals surface area contributed by atoms with Gasteiger partial charge in [-0.2, -0.15) is 5.10 Å². The van der Waals surface area contributed by atoms with Gasteiger partial charge in [-0.05, 0) is 58.5 Å². The SMILES string of the molecule is COc1cc(I)c(C(=O)NCc2ccc(-n3cccn3)cc2)cc1OC. The number of nitrogens with zero attached hydrogens (tertiary/aromatic N) is 2. The van der Waals surface area contributed by atoms with Crippen LogP contribution in [-0.2, 0) is 6.54 Å². The molecule has 0 unspecified atom stereocenters. The molecular formula is C19H18IN3O3. The molecule has 2 aromatic carbocycles. The minimum absolute atomic E-state index is 0.161. The second-order valence-electron chi connectivity index (χ2n) is 5.49. The fourth-order valence-corrected chi connectivity index (χ4v) is 3.18. The van der Waals surface area contributed by atoms with Gasteiger partial charge in [0.05, 0.1) is 25.5 Å². The minimum Gasteiger partial charge on any atom is -0.493 e. The van der Waals surface area contributed by atoms with Crippen LogP contribution in [-0.4, -0.2) is 29.9 Å². The van der Waals surface area contributed by atoms with Crippen LogP contribution in [0.15, 0.2) is 54.9 Å². The number of hydrogen-bond acceptors (Lipinski definition) is 4. The molecule has 134 valence electrons. The number of benzene rings is 2. The van der Waals surface area contributed by atoms with Gasteiger partial charge in [-0.3, -0.25) is 4.79 Å². The van der Waals surface area contributed by atoms with Crippen LogP contribution >= 0.6 is 22.6 Å². The van der Waals surface area contributed by atoms with E-state index < -0.39 is 0 Å². The van der Waals surface area contributed by atoms with Gasteiger partial charge in [-0.1, -0.05) is 12.1 Å². The Balaban J connectivity index is 1.69. The molecule has 3 rings (SSSR count). The highest BCUT2D eigenvalue weighted by Crippen LogP contribution is 2.31. The highest BCUT2D eigenvalue weighted by atomic mass is 127. The number of carbonyl (C=O) groups excluding carboxylic acids is 1. The Hall–Kier alpha value is -2.55. The van der Waals surface area contributed by atoms with Gasteiger partial charge in [0.25, 0.3) is 5.91 Å². The molecule has 1 N–H and O–H groups in total. The smallest absolute Gasteiger partial charge is 0.252 e. The molecule has 26 heavy (non-hydrogen) atoms. The van der Waals surface area contributed by atoms with E-state index >= 15 is 0 Å². The Bertz CT molecular complexity index is 893. The summed E-state index contributed by atoms with van der Waals surface area (Å²) in [5.41, 5.74) is 2.53. The largest absolute Gasteiger partial charge is 0.493 e. The number of nitrogens with one attached hydrogen (secondary N) is 1. The quantitative estimate of drug-likeness (QED) is 0.570. The van der Waals surface area contributed by atoms with E-state index in [0.717, 1.165) is 14.8 Å². The Morgan fingerprint density at radius 3 is 2.46 bits per heavy atom. The van der Waals surface area contributed by atoms with Crippen LogP contribution in [0.5, 0.6) is 11.5 Å². The van der Waals surface area contributed by atoms with Crippen LogP contribution in [0.1, 0.15) is 15.9 Å². The molecule has 1 aromatic heterocycles. The highest BCUT2D eigenvalue weighted by Gasteiger charge is 2.15. The third kappa shape index (κ3) is 3.98. The zero-order valence-electron chi connectivity index (χ0n) is 14.4. The van der Waals surface area contributed by atoms with E-state index in [-0.39, 0.29) is 5.91 Å². The molecule has 0 bridgehead atoms. The minimum atomic E-state index is -0.161. The molecule has 3 aromatic rings. The number of hydrogen-bond donors (Lipinski definition) is 1. The Morgan fingerprint density at radius 1 is 1.15 bits per heavy atom. The van der Waals surface area contributed by atoms with Crippen LogP contribution in [0.25, 0.3) is 5.69 Å². The van der Waals surface area contributed by atoms with Crippen LogP contribution in [0, 0.1) is 3.57 Å². The van der Waals surface area contributed by atoms with Crippen molar-refractivity contribution in [2.24, 2.45) is 0 Å². The van der Waals surface area contributed by atoms with Crippen LogP contribution in [0.4, 0.5) is 0 Å². The molecule has 0 spiro atoms. The number of rotatable bonds is 6. The third-order valence-electron chi connectivity index (χ3n) is 3.88. The van der Waals surface area contributed by atoms with Gasteiger partial charge < -0.3 is 14.8 Å². The first-order valence-electron chi connectivity index (χ1n) is 7.91. The molecule has 0 radical (unpaired) electrons. The molecule has 0 fully saturated rings. The molecule has 0 saturated heterocycles. The molecule has 0 aliphatic heterocycles. The number of methoxy groups -OCH3 is 2. The van der Waals surface area contributed by atoms with E-state index in [9.17, 15) is 4.79 Å². The number of carbonyl (C=O) groups is 1. The number of amides is 1. The van der Waals surface area contributed by atoms with E-state index in [1.54, 1.807) is 37.2 Å². The summed E-state index contributed by atoms with van der Waals surface area (Å²) < 4.78 is 13.1. The Kier molecular flexibility index (Phi) is 5.77. The van der Waals surface area contributed by atoms with Crippen molar-refractivity contribution in [3.63, 3.8) is 0 Å². The lowest BCUT2D eigenvalue weighted by Gasteiger charge is -2.12. The molecule has 0 aliphatic carbocycles. The third-order valence-corrected chi connectivity index (χ3v) is 4.77. The van der Waals surface area contributed by atoms with E-state index in [1.165, 1.54) is 0 Å². The van der Waals surface area contributed by atoms with Crippen LogP contribution in [0.2, 0.25) is 0 Å². The summed E-state index contributed by atoms with van der Waals surface area (Å²) in [6.45, 7) is 0.433. The maximum atomic E-state index is 12.5. The van der Waals surface area contributed by atoms with Gasteiger partial charge in [-0.15, -0.1) is 0 Å². The maximum Gasteiger partial charge on any atom is 0.252 e. The lowest BCUT2D eigenvalue weighted by Crippen LogP contribution is -2.23. The van der Waals surface area contributed by atoms with Gasteiger partial charge in [0.15, 0.2) is 11.5 Å². The number of ether oxygens (including phenoxy) is 2. The van der Waals surface area contributed by atoms with E-state index in [0.29, 0.717) is 23.6 Å². The second kappa shape index (κ2) is 8.22. The van der Waals surface area contributed by atoms with Crippen molar-refractivity contribution in [1.82, 2.24) is 15.1 Å². The molecule has 0 saturated carbocycles. The molecule has 0 aliphatic rings. The number of aromatic nitrogens is 2. The molecule has 0 atom stereocenters. The fourth-order valence-electron chi connectivity index (χ4n) is 2.49. The first-order chi connectivity index (χ1) is 12.6. The monoisotopic (exact) mass is 463 g/mol. The standard InChI is InChI=1S/C19H18IN3O3/c1-25-17-10-15(16(20)11-18(17)26-2)19(24)21-12-13-4-6-14(7-5-13)23-9-3-8-22-23/h3-11H,12H2,1-2H3,(H,21,24). The van der Waals surface area contributed by atoms with Crippen molar-refractivity contribution in [2.45, 2.75) is 6.54 Å². The topological polar surface area (TPSA) is 65.4 Å². The lowest BCUT2D eigenvalue weighted by atomic mass is 10.1. The summed E-state index contributed by atoms with van der Waals surface area (Å²) in [4.78, 5) is 12.5. The summed E-state index contributed by atoms with van der Waals surface area (Å²) in [5, 5.41) is 7.13. The van der Waals surface area contributed by atoms with Gasteiger partial charge >= 0.3 is 0 Å². The predicted molar refractivity (Wildman–Crippen MR) is 107 cm³/mol. The average Bonchev–Trinajstić information content (AvgIpc) is 3.21. The fraction of sp³-hybridized carbons (Fsp3) is 0.158. The van der Waals surface area contributed by atoms with Crippen molar-refractivity contribution in [1.29, 1.82) is 0 Å². The first-order valence-corrected chi connectivity index (χ1v) is 8.99. The van der Waals surface area contributed by atoms with Crippen molar-refractivity contribution >= 4 is 28.5 Å².